The van der Waals surface area contributed by atoms with Gasteiger partial charge in [-0.25, -0.2) is 22.2 Å². The van der Waals surface area contributed by atoms with Gasteiger partial charge in [-0.3, -0.25) is 4.72 Å². The van der Waals surface area contributed by atoms with E-state index in [4.69, 9.17) is 11.6 Å². The summed E-state index contributed by atoms with van der Waals surface area (Å²) in [5.41, 5.74) is -0.523. The number of benzene rings is 1. The Morgan fingerprint density at radius 1 is 1.25 bits per heavy atom. The summed E-state index contributed by atoms with van der Waals surface area (Å²) in [6.07, 6.45) is 1.31. The fraction of sp³-hybridized carbons (Fsp3) is 0. The fourth-order valence-corrected chi connectivity index (χ4v) is 3.20. The zero-order valence-electron chi connectivity index (χ0n) is 9.57. The van der Waals surface area contributed by atoms with Gasteiger partial charge in [0.2, 0.25) is 0 Å². The molecule has 1 aromatic carbocycles. The number of nitrogens with one attached hydrogen (secondary N) is 1. The summed E-state index contributed by atoms with van der Waals surface area (Å²) in [6, 6.07) is 4.10. The first-order valence-corrected chi connectivity index (χ1v) is 7.74. The predicted octanol–water partition coefficient (Wildman–Crippen LogP) is 3.58. The highest BCUT2D eigenvalue weighted by Gasteiger charge is 2.21. The lowest BCUT2D eigenvalue weighted by Gasteiger charge is -2.10. The number of aromatic nitrogens is 1. The van der Waals surface area contributed by atoms with Crippen LogP contribution >= 0.6 is 27.5 Å². The quantitative estimate of drug-likeness (QED) is 0.651. The van der Waals surface area contributed by atoms with Crippen molar-refractivity contribution in [2.45, 2.75) is 4.90 Å². The van der Waals surface area contributed by atoms with Crippen molar-refractivity contribution in [2.75, 3.05) is 4.72 Å². The second-order valence-corrected chi connectivity index (χ2v) is 6.51. The molecule has 106 valence electrons. The Kier molecular flexibility index (Phi) is 4.26. The smallest absolute Gasteiger partial charge is 0.265 e. The van der Waals surface area contributed by atoms with Crippen molar-refractivity contribution in [1.29, 1.82) is 0 Å². The second-order valence-electron chi connectivity index (χ2n) is 3.64. The lowest BCUT2D eigenvalue weighted by atomic mass is 10.3. The molecule has 0 bridgehead atoms. The van der Waals surface area contributed by atoms with Crippen molar-refractivity contribution >= 4 is 43.2 Å². The summed E-state index contributed by atoms with van der Waals surface area (Å²) in [5.74, 6) is -1.73. The first kappa shape index (κ1) is 15.1. The summed E-state index contributed by atoms with van der Waals surface area (Å²) in [5, 5.41) is -0.266. The fourth-order valence-electron chi connectivity index (χ4n) is 1.37. The van der Waals surface area contributed by atoms with Crippen LogP contribution in [-0.4, -0.2) is 13.4 Å². The number of rotatable bonds is 3. The van der Waals surface area contributed by atoms with Crippen molar-refractivity contribution in [2.24, 2.45) is 0 Å². The van der Waals surface area contributed by atoms with Gasteiger partial charge in [-0.15, -0.1) is 0 Å². The van der Waals surface area contributed by atoms with Crippen molar-refractivity contribution in [3.05, 3.63) is 51.7 Å². The lowest BCUT2D eigenvalue weighted by molar-refractivity contribution is 0.591. The summed E-state index contributed by atoms with van der Waals surface area (Å²) < 4.78 is 52.8. The second kappa shape index (κ2) is 5.63. The number of anilines is 1. The molecule has 0 aliphatic rings. The molecule has 20 heavy (non-hydrogen) atoms. The van der Waals surface area contributed by atoms with Crippen molar-refractivity contribution in [1.82, 2.24) is 4.98 Å². The summed E-state index contributed by atoms with van der Waals surface area (Å²) in [6.45, 7) is 0. The molecule has 9 heteroatoms. The molecule has 0 atom stereocenters. The molecular formula is C11H6BrClF2N2O2S. The maximum atomic E-state index is 13.6. The van der Waals surface area contributed by atoms with E-state index in [9.17, 15) is 17.2 Å². The normalized spacial score (nSPS) is 11.4. The van der Waals surface area contributed by atoms with Gasteiger partial charge >= 0.3 is 0 Å². The highest BCUT2D eigenvalue weighted by atomic mass is 79.9. The van der Waals surface area contributed by atoms with Gasteiger partial charge in [0, 0.05) is 12.3 Å². The average molecular weight is 384 g/mol. The van der Waals surface area contributed by atoms with Crippen LogP contribution in [0.3, 0.4) is 0 Å². The largest absolute Gasteiger partial charge is 0.276 e. The maximum Gasteiger partial charge on any atom is 0.265 e. The SMILES string of the molecule is O=S(=O)(Nc1cc(F)c(Br)cc1F)c1cccnc1Cl. The van der Waals surface area contributed by atoms with E-state index in [1.54, 1.807) is 0 Å². The van der Waals surface area contributed by atoms with Crippen LogP contribution in [0.4, 0.5) is 14.5 Å². The molecule has 0 aliphatic carbocycles. The maximum absolute atomic E-state index is 13.6. The first-order valence-electron chi connectivity index (χ1n) is 5.09. The van der Waals surface area contributed by atoms with Crippen LogP contribution in [0.15, 0.2) is 39.8 Å². The zero-order valence-corrected chi connectivity index (χ0v) is 12.7. The molecule has 0 spiro atoms. The van der Waals surface area contributed by atoms with E-state index < -0.39 is 27.3 Å². The van der Waals surface area contributed by atoms with Gasteiger partial charge in [-0.05, 0) is 34.1 Å². The number of hydrogen-bond donors (Lipinski definition) is 1. The predicted molar refractivity (Wildman–Crippen MR) is 74.1 cm³/mol. The highest BCUT2D eigenvalue weighted by Crippen LogP contribution is 2.26. The molecule has 1 heterocycles. The van der Waals surface area contributed by atoms with E-state index in [1.165, 1.54) is 18.3 Å². The molecule has 1 aromatic heterocycles. The number of hydrogen-bond acceptors (Lipinski definition) is 3. The number of sulfonamides is 1. The zero-order chi connectivity index (χ0) is 14.9. The molecule has 0 saturated heterocycles. The first-order chi connectivity index (χ1) is 9.31. The molecular weight excluding hydrogens is 378 g/mol. The van der Waals surface area contributed by atoms with E-state index in [-0.39, 0.29) is 14.5 Å². The van der Waals surface area contributed by atoms with Crippen LogP contribution in [0.1, 0.15) is 0 Å². The molecule has 0 unspecified atom stereocenters. The van der Waals surface area contributed by atoms with E-state index in [2.05, 4.69) is 20.9 Å². The van der Waals surface area contributed by atoms with Crippen LogP contribution < -0.4 is 4.72 Å². The Labute approximate surface area is 127 Å². The number of halogens is 4. The van der Waals surface area contributed by atoms with Crippen LogP contribution in [0, 0.1) is 11.6 Å². The lowest BCUT2D eigenvalue weighted by Crippen LogP contribution is -2.15. The molecule has 0 fully saturated rings. The monoisotopic (exact) mass is 382 g/mol. The van der Waals surface area contributed by atoms with Gasteiger partial charge in [-0.1, -0.05) is 11.6 Å². The molecule has 0 amide bonds. The molecule has 4 nitrogen and oxygen atoms in total. The van der Waals surface area contributed by atoms with E-state index in [1.807, 2.05) is 4.72 Å². The third kappa shape index (κ3) is 3.08. The van der Waals surface area contributed by atoms with Gasteiger partial charge < -0.3 is 0 Å². The van der Waals surface area contributed by atoms with Gasteiger partial charge in [0.1, 0.15) is 21.7 Å². The molecule has 0 saturated carbocycles. The molecule has 2 rings (SSSR count). The Morgan fingerprint density at radius 3 is 2.60 bits per heavy atom. The molecule has 0 radical (unpaired) electrons. The Morgan fingerprint density at radius 2 is 1.95 bits per heavy atom. The van der Waals surface area contributed by atoms with Crippen LogP contribution in [0.2, 0.25) is 5.15 Å². The Hall–Kier alpha value is -1.25. The van der Waals surface area contributed by atoms with Crippen molar-refractivity contribution < 1.29 is 17.2 Å². The van der Waals surface area contributed by atoms with Gasteiger partial charge in [-0.2, -0.15) is 0 Å². The Bertz CT molecular complexity index is 771. The van der Waals surface area contributed by atoms with E-state index >= 15 is 0 Å². The Balaban J connectivity index is 2.44. The van der Waals surface area contributed by atoms with Crippen LogP contribution in [-0.2, 0) is 10.0 Å². The van der Waals surface area contributed by atoms with Crippen molar-refractivity contribution in [3.8, 4) is 0 Å². The molecule has 2 aromatic rings. The summed E-state index contributed by atoms with van der Waals surface area (Å²) >= 11 is 8.46. The van der Waals surface area contributed by atoms with Crippen molar-refractivity contribution in [3.63, 3.8) is 0 Å². The standard InChI is InChI=1S/C11H6BrClF2N2O2S/c12-6-4-8(15)9(5-7(6)14)17-20(18,19)10-2-1-3-16-11(10)13/h1-5,17H. The third-order valence-electron chi connectivity index (χ3n) is 2.27. The minimum atomic E-state index is -4.16. The van der Waals surface area contributed by atoms with Gasteiger partial charge in [0.15, 0.2) is 0 Å². The molecule has 1 N–H and O–H groups in total. The minimum absolute atomic E-state index is 0.114. The summed E-state index contributed by atoms with van der Waals surface area (Å²) in [4.78, 5) is 3.28. The van der Waals surface area contributed by atoms with Crippen LogP contribution in [0.25, 0.3) is 0 Å². The van der Waals surface area contributed by atoms with Gasteiger partial charge in [0.05, 0.1) is 10.2 Å². The highest BCUT2D eigenvalue weighted by molar-refractivity contribution is 9.10. The summed E-state index contributed by atoms with van der Waals surface area (Å²) in [7, 11) is -4.16. The van der Waals surface area contributed by atoms with E-state index in [0.717, 1.165) is 12.1 Å². The molecule has 0 aliphatic heterocycles. The number of pyridine rings is 1. The average Bonchev–Trinajstić information content (AvgIpc) is 2.36. The number of nitrogens with zero attached hydrogens (tertiary/aromatic N) is 1. The van der Waals surface area contributed by atoms with Crippen LogP contribution in [0.5, 0.6) is 0 Å². The van der Waals surface area contributed by atoms with Gasteiger partial charge in [0.25, 0.3) is 10.0 Å². The third-order valence-corrected chi connectivity index (χ3v) is 4.69. The minimum Gasteiger partial charge on any atom is -0.276 e. The topological polar surface area (TPSA) is 59.1 Å². The van der Waals surface area contributed by atoms with E-state index in [0.29, 0.717) is 0 Å².